The van der Waals surface area contributed by atoms with E-state index in [0.717, 1.165) is 42.9 Å². The summed E-state index contributed by atoms with van der Waals surface area (Å²) in [5, 5.41) is 3.52. The van der Waals surface area contributed by atoms with Crippen molar-refractivity contribution in [3.63, 3.8) is 0 Å². The van der Waals surface area contributed by atoms with E-state index in [-0.39, 0.29) is 0 Å². The van der Waals surface area contributed by atoms with Gasteiger partial charge in [-0.1, -0.05) is 6.07 Å². The smallest absolute Gasteiger partial charge is 0.161 e. The highest BCUT2D eigenvalue weighted by atomic mass is 32.2. The molecule has 0 aliphatic heterocycles. The molecule has 1 aromatic carbocycles. The molecule has 1 aliphatic rings. The summed E-state index contributed by atoms with van der Waals surface area (Å²) in [6.07, 6.45) is 5.81. The van der Waals surface area contributed by atoms with Gasteiger partial charge in [-0.15, -0.1) is 0 Å². The Labute approximate surface area is 126 Å². The second-order valence-electron chi connectivity index (χ2n) is 5.06. The van der Waals surface area contributed by atoms with Gasteiger partial charge >= 0.3 is 0 Å². The van der Waals surface area contributed by atoms with Crippen LogP contribution >= 0.6 is 11.8 Å². The molecule has 0 spiro atoms. The van der Waals surface area contributed by atoms with Gasteiger partial charge in [-0.25, -0.2) is 0 Å². The first kappa shape index (κ1) is 15.5. The molecular weight excluding hydrogens is 270 g/mol. The molecule has 1 aromatic rings. The van der Waals surface area contributed by atoms with Gasteiger partial charge in [0.25, 0.3) is 0 Å². The van der Waals surface area contributed by atoms with E-state index in [1.54, 1.807) is 0 Å². The summed E-state index contributed by atoms with van der Waals surface area (Å²) in [5.41, 5.74) is 1.26. The Hall–Kier alpha value is -0.870. The highest BCUT2D eigenvalue weighted by Gasteiger charge is 2.20. The second kappa shape index (κ2) is 8.42. The molecule has 2 rings (SSSR count). The third-order valence-electron chi connectivity index (χ3n) is 3.23. The fourth-order valence-corrected chi connectivity index (χ4v) is 2.39. The van der Waals surface area contributed by atoms with Crippen LogP contribution in [0.1, 0.15) is 31.7 Å². The maximum absolute atomic E-state index is 5.83. The fourth-order valence-electron chi connectivity index (χ4n) is 1.99. The molecule has 0 aromatic heterocycles. The highest BCUT2D eigenvalue weighted by molar-refractivity contribution is 7.98. The quantitative estimate of drug-likeness (QED) is 0.670. The Balaban J connectivity index is 1.90. The molecule has 20 heavy (non-hydrogen) atoms. The molecular formula is C16H25NO2S. The summed E-state index contributed by atoms with van der Waals surface area (Å²) >= 11 is 1.85. The zero-order valence-corrected chi connectivity index (χ0v) is 13.3. The lowest BCUT2D eigenvalue weighted by Crippen LogP contribution is -2.15. The van der Waals surface area contributed by atoms with Gasteiger partial charge in [0.05, 0.1) is 13.2 Å². The molecule has 0 radical (unpaired) electrons. The van der Waals surface area contributed by atoms with E-state index in [1.165, 1.54) is 18.4 Å². The largest absolute Gasteiger partial charge is 0.490 e. The average Bonchev–Trinajstić information content (AvgIpc) is 3.27. The Kier molecular flexibility index (Phi) is 6.54. The van der Waals surface area contributed by atoms with E-state index in [2.05, 4.69) is 23.7 Å². The van der Waals surface area contributed by atoms with Crippen molar-refractivity contribution >= 4 is 11.8 Å². The molecule has 112 valence electrons. The van der Waals surface area contributed by atoms with Gasteiger partial charge < -0.3 is 14.8 Å². The van der Waals surface area contributed by atoms with E-state index < -0.39 is 0 Å². The number of nitrogens with one attached hydrogen (secondary N) is 1. The molecule has 0 bridgehead atoms. The molecule has 1 aliphatic carbocycles. The van der Waals surface area contributed by atoms with Gasteiger partial charge in [0, 0.05) is 12.6 Å². The van der Waals surface area contributed by atoms with Gasteiger partial charge in [-0.05, 0) is 55.9 Å². The predicted molar refractivity (Wildman–Crippen MR) is 86.0 cm³/mol. The number of benzene rings is 1. The van der Waals surface area contributed by atoms with Crippen LogP contribution in [0.3, 0.4) is 0 Å². The molecule has 0 atom stereocenters. The minimum absolute atomic E-state index is 0.667. The van der Waals surface area contributed by atoms with Crippen LogP contribution in [0.5, 0.6) is 11.5 Å². The van der Waals surface area contributed by atoms with Crippen molar-refractivity contribution in [2.75, 3.05) is 25.2 Å². The van der Waals surface area contributed by atoms with E-state index >= 15 is 0 Å². The molecule has 1 N–H and O–H groups in total. The maximum Gasteiger partial charge on any atom is 0.161 e. The van der Waals surface area contributed by atoms with Crippen LogP contribution in [0.4, 0.5) is 0 Å². The molecule has 0 amide bonds. The second-order valence-corrected chi connectivity index (χ2v) is 6.05. The summed E-state index contributed by atoms with van der Waals surface area (Å²) in [5.74, 6) is 2.86. The van der Waals surface area contributed by atoms with Crippen molar-refractivity contribution in [1.82, 2.24) is 5.32 Å². The summed E-state index contributed by atoms with van der Waals surface area (Å²) in [7, 11) is 0. The van der Waals surface area contributed by atoms with Crippen LogP contribution in [-0.2, 0) is 6.54 Å². The van der Waals surface area contributed by atoms with Gasteiger partial charge in [0.15, 0.2) is 11.5 Å². The van der Waals surface area contributed by atoms with E-state index in [9.17, 15) is 0 Å². The third kappa shape index (κ3) is 5.25. The van der Waals surface area contributed by atoms with Gasteiger partial charge in [-0.3, -0.25) is 0 Å². The van der Waals surface area contributed by atoms with E-state index in [1.807, 2.05) is 24.8 Å². The Morgan fingerprint density at radius 3 is 2.80 bits per heavy atom. The molecule has 0 saturated heterocycles. The standard InChI is InChI=1S/C16H25NO2S/c1-3-18-16-11-13(12-17-14-6-7-14)5-8-15(16)19-9-4-10-20-2/h5,8,11,14,17H,3-4,6-7,9-10,12H2,1-2H3. The fraction of sp³-hybridized carbons (Fsp3) is 0.625. The molecule has 1 fully saturated rings. The van der Waals surface area contributed by atoms with Gasteiger partial charge in [0.1, 0.15) is 0 Å². The first-order chi connectivity index (χ1) is 9.83. The van der Waals surface area contributed by atoms with Gasteiger partial charge in [0.2, 0.25) is 0 Å². The zero-order chi connectivity index (χ0) is 14.2. The Morgan fingerprint density at radius 1 is 1.25 bits per heavy atom. The number of ether oxygens (including phenoxy) is 2. The van der Waals surface area contributed by atoms with Crippen LogP contribution in [0.2, 0.25) is 0 Å². The molecule has 1 saturated carbocycles. The maximum atomic E-state index is 5.83. The number of hydrogen-bond donors (Lipinski definition) is 1. The van der Waals surface area contributed by atoms with Crippen LogP contribution in [0, 0.1) is 0 Å². The number of thioether (sulfide) groups is 1. The van der Waals surface area contributed by atoms with Crippen molar-refractivity contribution in [2.45, 2.75) is 38.8 Å². The lowest BCUT2D eigenvalue weighted by atomic mass is 10.2. The SMILES string of the molecule is CCOc1cc(CNC2CC2)ccc1OCCCSC. The van der Waals surface area contributed by atoms with Gasteiger partial charge in [-0.2, -0.15) is 11.8 Å². The van der Waals surface area contributed by atoms with E-state index in [0.29, 0.717) is 6.61 Å². The Morgan fingerprint density at radius 2 is 2.10 bits per heavy atom. The molecule has 0 unspecified atom stereocenters. The summed E-state index contributed by atoms with van der Waals surface area (Å²) in [6.45, 7) is 4.34. The zero-order valence-electron chi connectivity index (χ0n) is 12.5. The predicted octanol–water partition coefficient (Wildman–Crippen LogP) is 3.47. The summed E-state index contributed by atoms with van der Waals surface area (Å²) in [4.78, 5) is 0. The van der Waals surface area contributed by atoms with Crippen molar-refractivity contribution in [1.29, 1.82) is 0 Å². The third-order valence-corrected chi connectivity index (χ3v) is 3.93. The van der Waals surface area contributed by atoms with Crippen molar-refractivity contribution in [2.24, 2.45) is 0 Å². The average molecular weight is 295 g/mol. The van der Waals surface area contributed by atoms with Crippen LogP contribution in [0.25, 0.3) is 0 Å². The minimum atomic E-state index is 0.667. The van der Waals surface area contributed by atoms with Crippen molar-refractivity contribution < 1.29 is 9.47 Å². The summed E-state index contributed by atoms with van der Waals surface area (Å²) < 4.78 is 11.5. The van der Waals surface area contributed by atoms with Crippen molar-refractivity contribution in [3.8, 4) is 11.5 Å². The van der Waals surface area contributed by atoms with Crippen LogP contribution < -0.4 is 14.8 Å². The molecule has 0 heterocycles. The highest BCUT2D eigenvalue weighted by Crippen LogP contribution is 2.29. The van der Waals surface area contributed by atoms with Crippen molar-refractivity contribution in [3.05, 3.63) is 23.8 Å². The molecule has 3 nitrogen and oxygen atoms in total. The topological polar surface area (TPSA) is 30.5 Å². The molecule has 4 heteroatoms. The lowest BCUT2D eigenvalue weighted by Gasteiger charge is -2.13. The van der Waals surface area contributed by atoms with E-state index in [4.69, 9.17) is 9.47 Å². The summed E-state index contributed by atoms with van der Waals surface area (Å²) in [6, 6.07) is 6.99. The minimum Gasteiger partial charge on any atom is -0.490 e. The first-order valence-electron chi connectivity index (χ1n) is 7.44. The number of rotatable bonds is 10. The van der Waals surface area contributed by atoms with Crippen LogP contribution in [-0.4, -0.2) is 31.3 Å². The number of hydrogen-bond acceptors (Lipinski definition) is 4. The normalized spacial score (nSPS) is 14.3. The lowest BCUT2D eigenvalue weighted by molar-refractivity contribution is 0.277. The first-order valence-corrected chi connectivity index (χ1v) is 8.83. The van der Waals surface area contributed by atoms with Crippen LogP contribution in [0.15, 0.2) is 18.2 Å². The Bertz CT molecular complexity index is 407. The monoisotopic (exact) mass is 295 g/mol.